The second-order valence-corrected chi connectivity index (χ2v) is 4.66. The molecule has 0 fully saturated rings. The van der Waals surface area contributed by atoms with Gasteiger partial charge < -0.3 is 9.88 Å². The van der Waals surface area contributed by atoms with Crippen LogP contribution in [0.4, 0.5) is 0 Å². The van der Waals surface area contributed by atoms with Crippen molar-refractivity contribution >= 4 is 0 Å². The Morgan fingerprint density at radius 1 is 1.22 bits per heavy atom. The zero-order valence-corrected chi connectivity index (χ0v) is 11.2. The van der Waals surface area contributed by atoms with E-state index in [9.17, 15) is 0 Å². The summed E-state index contributed by atoms with van der Waals surface area (Å²) >= 11 is 0. The Bertz CT molecular complexity index is 488. The monoisotopic (exact) mass is 243 g/mol. The molecule has 0 aliphatic heterocycles. The van der Waals surface area contributed by atoms with E-state index in [0.29, 0.717) is 0 Å². The first-order valence-corrected chi connectivity index (χ1v) is 6.50. The van der Waals surface area contributed by atoms with E-state index in [-0.39, 0.29) is 0 Å². The highest BCUT2D eigenvalue weighted by Gasteiger charge is 1.96. The molecule has 0 saturated carbocycles. The van der Waals surface area contributed by atoms with Crippen LogP contribution in [0, 0.1) is 13.8 Å². The number of nitrogens with zero attached hydrogens (tertiary/aromatic N) is 2. The fourth-order valence-electron chi connectivity index (χ4n) is 2.06. The quantitative estimate of drug-likeness (QED) is 0.789. The Morgan fingerprint density at radius 3 is 2.83 bits per heavy atom. The summed E-state index contributed by atoms with van der Waals surface area (Å²) in [4.78, 5) is 4.21. The largest absolute Gasteiger partial charge is 0.334 e. The number of nitrogens with one attached hydrogen (secondary N) is 1. The first-order valence-electron chi connectivity index (χ1n) is 6.50. The highest BCUT2D eigenvalue weighted by Crippen LogP contribution is 2.03. The highest BCUT2D eigenvalue weighted by atomic mass is 15.1. The molecule has 1 N–H and O–H groups in total. The van der Waals surface area contributed by atoms with E-state index in [4.69, 9.17) is 0 Å². The zero-order chi connectivity index (χ0) is 12.8. The minimum atomic E-state index is 0.986. The van der Waals surface area contributed by atoms with Crippen molar-refractivity contribution in [3.63, 3.8) is 0 Å². The zero-order valence-electron chi connectivity index (χ0n) is 11.2. The van der Waals surface area contributed by atoms with Crippen LogP contribution in [0.25, 0.3) is 0 Å². The molecule has 0 atom stereocenters. The van der Waals surface area contributed by atoms with Crippen LogP contribution in [-0.4, -0.2) is 22.6 Å². The number of aromatic nitrogens is 2. The second-order valence-electron chi connectivity index (χ2n) is 4.66. The first-order chi connectivity index (χ1) is 8.75. The van der Waals surface area contributed by atoms with E-state index in [0.717, 1.165) is 31.9 Å². The Hall–Kier alpha value is -1.61. The van der Waals surface area contributed by atoms with Gasteiger partial charge in [0.2, 0.25) is 0 Å². The van der Waals surface area contributed by atoms with Gasteiger partial charge in [-0.05, 0) is 32.4 Å². The summed E-state index contributed by atoms with van der Waals surface area (Å²) < 4.78 is 2.17. The van der Waals surface area contributed by atoms with Crippen LogP contribution in [0.3, 0.4) is 0 Å². The van der Waals surface area contributed by atoms with Crippen molar-refractivity contribution in [3.8, 4) is 0 Å². The standard InChI is InChI=1S/C15H21N3/c1-13-4-3-5-15(12-13)6-7-16-8-10-18-11-9-17-14(18)2/h3-5,9,11-12,16H,6-8,10H2,1-2H3. The molecule has 0 unspecified atom stereocenters. The summed E-state index contributed by atoms with van der Waals surface area (Å²) in [6, 6.07) is 8.70. The summed E-state index contributed by atoms with van der Waals surface area (Å²) in [5.74, 6) is 1.08. The van der Waals surface area contributed by atoms with Crippen LogP contribution in [0.1, 0.15) is 17.0 Å². The van der Waals surface area contributed by atoms with E-state index in [1.165, 1.54) is 11.1 Å². The van der Waals surface area contributed by atoms with Gasteiger partial charge in [-0.25, -0.2) is 4.98 Å². The number of rotatable bonds is 6. The average Bonchev–Trinajstić information content (AvgIpc) is 2.75. The van der Waals surface area contributed by atoms with Crippen LogP contribution >= 0.6 is 0 Å². The SMILES string of the molecule is Cc1cccc(CCNCCn2ccnc2C)c1. The fourth-order valence-corrected chi connectivity index (χ4v) is 2.06. The van der Waals surface area contributed by atoms with Crippen molar-refractivity contribution < 1.29 is 0 Å². The van der Waals surface area contributed by atoms with E-state index < -0.39 is 0 Å². The lowest BCUT2D eigenvalue weighted by atomic mass is 10.1. The molecule has 96 valence electrons. The maximum atomic E-state index is 4.21. The van der Waals surface area contributed by atoms with Gasteiger partial charge in [-0.3, -0.25) is 0 Å². The van der Waals surface area contributed by atoms with Gasteiger partial charge >= 0.3 is 0 Å². The van der Waals surface area contributed by atoms with Crippen LogP contribution in [0.5, 0.6) is 0 Å². The molecule has 0 saturated heterocycles. The molecular weight excluding hydrogens is 222 g/mol. The number of hydrogen-bond acceptors (Lipinski definition) is 2. The lowest BCUT2D eigenvalue weighted by Crippen LogP contribution is -2.22. The average molecular weight is 243 g/mol. The molecular formula is C15H21N3. The molecule has 3 nitrogen and oxygen atoms in total. The van der Waals surface area contributed by atoms with E-state index >= 15 is 0 Å². The normalized spacial score (nSPS) is 10.8. The highest BCUT2D eigenvalue weighted by molar-refractivity contribution is 5.22. The van der Waals surface area contributed by atoms with Crippen molar-refractivity contribution in [1.82, 2.24) is 14.9 Å². The van der Waals surface area contributed by atoms with Gasteiger partial charge in [-0.1, -0.05) is 29.8 Å². The molecule has 2 aromatic rings. The predicted molar refractivity (Wildman–Crippen MR) is 74.7 cm³/mol. The third-order valence-corrected chi connectivity index (χ3v) is 3.13. The summed E-state index contributed by atoms with van der Waals surface area (Å²) in [7, 11) is 0. The van der Waals surface area contributed by atoms with Crippen molar-refractivity contribution in [1.29, 1.82) is 0 Å². The van der Waals surface area contributed by atoms with Gasteiger partial charge in [-0.2, -0.15) is 0 Å². The summed E-state index contributed by atoms with van der Waals surface area (Å²) in [6.45, 7) is 7.17. The number of benzene rings is 1. The molecule has 18 heavy (non-hydrogen) atoms. The number of aryl methyl sites for hydroxylation is 2. The summed E-state index contributed by atoms with van der Waals surface area (Å²) in [5, 5.41) is 3.47. The molecule has 2 rings (SSSR count). The van der Waals surface area contributed by atoms with Crippen LogP contribution < -0.4 is 5.32 Å². The third kappa shape index (κ3) is 3.70. The second kappa shape index (κ2) is 6.36. The molecule has 0 radical (unpaired) electrons. The predicted octanol–water partition coefficient (Wildman–Crippen LogP) is 2.33. The molecule has 0 spiro atoms. The molecule has 3 heteroatoms. The van der Waals surface area contributed by atoms with Gasteiger partial charge in [0.25, 0.3) is 0 Å². The molecule has 0 aliphatic carbocycles. The third-order valence-electron chi connectivity index (χ3n) is 3.13. The van der Waals surface area contributed by atoms with Crippen molar-refractivity contribution in [2.24, 2.45) is 0 Å². The molecule has 1 aromatic carbocycles. The maximum absolute atomic E-state index is 4.21. The number of hydrogen-bond donors (Lipinski definition) is 1. The van der Waals surface area contributed by atoms with Gasteiger partial charge in [0.1, 0.15) is 5.82 Å². The molecule has 1 aromatic heterocycles. The van der Waals surface area contributed by atoms with Gasteiger partial charge in [0.15, 0.2) is 0 Å². The van der Waals surface area contributed by atoms with E-state index in [2.05, 4.69) is 46.1 Å². The Kier molecular flexibility index (Phi) is 4.53. The minimum Gasteiger partial charge on any atom is -0.334 e. The fraction of sp³-hybridized carbons (Fsp3) is 0.400. The Labute approximate surface area is 109 Å². The van der Waals surface area contributed by atoms with Gasteiger partial charge in [-0.15, -0.1) is 0 Å². The molecule has 0 bridgehead atoms. The Balaban J connectivity index is 1.66. The smallest absolute Gasteiger partial charge is 0.105 e. The minimum absolute atomic E-state index is 0.986. The molecule has 1 heterocycles. The van der Waals surface area contributed by atoms with Crippen LogP contribution in [-0.2, 0) is 13.0 Å². The lowest BCUT2D eigenvalue weighted by Gasteiger charge is -2.07. The van der Waals surface area contributed by atoms with Gasteiger partial charge in [0.05, 0.1) is 0 Å². The van der Waals surface area contributed by atoms with Crippen LogP contribution in [0.2, 0.25) is 0 Å². The van der Waals surface area contributed by atoms with E-state index in [1.807, 2.05) is 19.3 Å². The van der Waals surface area contributed by atoms with Crippen molar-refractivity contribution in [3.05, 3.63) is 53.6 Å². The maximum Gasteiger partial charge on any atom is 0.105 e. The van der Waals surface area contributed by atoms with E-state index in [1.54, 1.807) is 0 Å². The summed E-state index contributed by atoms with van der Waals surface area (Å²) in [6.07, 6.45) is 4.96. The topological polar surface area (TPSA) is 29.9 Å². The molecule has 0 aliphatic rings. The van der Waals surface area contributed by atoms with Crippen LogP contribution in [0.15, 0.2) is 36.7 Å². The Morgan fingerprint density at radius 2 is 2.11 bits per heavy atom. The van der Waals surface area contributed by atoms with Crippen molar-refractivity contribution in [2.75, 3.05) is 13.1 Å². The number of imidazole rings is 1. The van der Waals surface area contributed by atoms with Crippen molar-refractivity contribution in [2.45, 2.75) is 26.8 Å². The summed E-state index contributed by atoms with van der Waals surface area (Å²) in [5.41, 5.74) is 2.74. The first kappa shape index (κ1) is 12.8. The molecule has 0 amide bonds. The van der Waals surface area contributed by atoms with Gasteiger partial charge in [0, 0.05) is 25.5 Å². The lowest BCUT2D eigenvalue weighted by molar-refractivity contribution is 0.588.